The molecule has 146 valence electrons. The molecule has 0 aromatic heterocycles. The molecule has 1 aliphatic carbocycles. The van der Waals surface area contributed by atoms with Crippen molar-refractivity contribution in [2.45, 2.75) is 102 Å². The van der Waals surface area contributed by atoms with Gasteiger partial charge in [-0.2, -0.15) is 0 Å². The Labute approximate surface area is 152 Å². The van der Waals surface area contributed by atoms with Gasteiger partial charge in [-0.05, 0) is 31.1 Å². The summed E-state index contributed by atoms with van der Waals surface area (Å²) in [5.74, 6) is 0.00353. The smallest absolute Gasteiger partial charge is 0.168 e. The van der Waals surface area contributed by atoms with Gasteiger partial charge in [0.15, 0.2) is 12.1 Å². The number of aliphatic hydroxyl groups is 2. The molecule has 1 saturated carbocycles. The third-order valence-electron chi connectivity index (χ3n) is 6.34. The molecule has 0 bridgehead atoms. The molecular formula is C20H36O5. The molecule has 3 unspecified atom stereocenters. The van der Waals surface area contributed by atoms with E-state index in [1.54, 1.807) is 0 Å². The number of hydrogen-bond donors (Lipinski definition) is 2. The number of aliphatic hydroxyl groups excluding tert-OH is 2. The number of ether oxygens (including phenoxy) is 3. The number of rotatable bonds is 9. The molecule has 2 N–H and O–H groups in total. The van der Waals surface area contributed by atoms with Gasteiger partial charge in [0.2, 0.25) is 0 Å². The van der Waals surface area contributed by atoms with E-state index in [4.69, 9.17) is 14.2 Å². The number of unbranched alkanes of at least 4 members (excludes halogenated alkanes) is 4. The van der Waals surface area contributed by atoms with Crippen LogP contribution in [-0.4, -0.2) is 47.7 Å². The first-order valence-electron chi connectivity index (χ1n) is 10.4. The highest BCUT2D eigenvalue weighted by molar-refractivity contribution is 4.96. The van der Waals surface area contributed by atoms with Crippen LogP contribution in [0, 0.1) is 11.8 Å². The van der Waals surface area contributed by atoms with E-state index < -0.39 is 12.1 Å². The van der Waals surface area contributed by atoms with Crippen molar-refractivity contribution >= 4 is 0 Å². The highest BCUT2D eigenvalue weighted by atomic mass is 16.7. The minimum atomic E-state index is -0.653. The fraction of sp³-hybridized carbons (Fsp3) is 1.00. The van der Waals surface area contributed by atoms with Crippen molar-refractivity contribution in [2.75, 3.05) is 13.2 Å². The number of hydrogen-bond acceptors (Lipinski definition) is 5. The molecule has 0 spiro atoms. The van der Waals surface area contributed by atoms with Crippen LogP contribution in [0.25, 0.3) is 0 Å². The van der Waals surface area contributed by atoms with Gasteiger partial charge in [0.05, 0.1) is 25.4 Å². The van der Waals surface area contributed by atoms with Crippen LogP contribution in [0.1, 0.15) is 77.6 Å². The second-order valence-electron chi connectivity index (χ2n) is 8.16. The predicted molar refractivity (Wildman–Crippen MR) is 95.0 cm³/mol. The van der Waals surface area contributed by atoms with Crippen molar-refractivity contribution in [1.82, 2.24) is 0 Å². The van der Waals surface area contributed by atoms with Gasteiger partial charge in [-0.25, -0.2) is 0 Å². The third-order valence-corrected chi connectivity index (χ3v) is 6.34. The molecule has 3 fully saturated rings. The maximum atomic E-state index is 10.4. The summed E-state index contributed by atoms with van der Waals surface area (Å²) in [4.78, 5) is 0. The molecule has 2 aliphatic heterocycles. The Morgan fingerprint density at radius 2 is 1.72 bits per heavy atom. The van der Waals surface area contributed by atoms with Crippen molar-refractivity contribution < 1.29 is 24.4 Å². The van der Waals surface area contributed by atoms with Crippen LogP contribution < -0.4 is 0 Å². The maximum absolute atomic E-state index is 10.4. The standard InChI is InChI=1S/C20H36O5/c1-2-3-4-5-6-9-20(23-11-7-12-24-20)10-8-15-16-13-19(22)25-18(16)14-17(15)21/h15-19,21-22H,2-14H2,1H3/t15-,16?,17?,18+,19?/m1/s1. The lowest BCUT2D eigenvalue weighted by molar-refractivity contribution is -0.275. The Hall–Kier alpha value is -0.200. The molecule has 2 saturated heterocycles. The Balaban J connectivity index is 1.51. The van der Waals surface area contributed by atoms with Gasteiger partial charge in [-0.3, -0.25) is 0 Å². The highest BCUT2D eigenvalue weighted by Gasteiger charge is 2.49. The first-order chi connectivity index (χ1) is 12.1. The van der Waals surface area contributed by atoms with E-state index in [2.05, 4.69) is 6.92 Å². The normalized spacial score (nSPS) is 37.3. The van der Waals surface area contributed by atoms with Crippen molar-refractivity contribution in [3.63, 3.8) is 0 Å². The van der Waals surface area contributed by atoms with Gasteiger partial charge in [-0.1, -0.05) is 32.6 Å². The summed E-state index contributed by atoms with van der Waals surface area (Å²) in [6, 6.07) is 0. The van der Waals surface area contributed by atoms with E-state index >= 15 is 0 Å². The largest absolute Gasteiger partial charge is 0.393 e. The Morgan fingerprint density at radius 1 is 0.960 bits per heavy atom. The molecule has 0 aromatic carbocycles. The van der Waals surface area contributed by atoms with Crippen LogP contribution in [-0.2, 0) is 14.2 Å². The zero-order chi connectivity index (χ0) is 17.7. The fourth-order valence-electron chi connectivity index (χ4n) is 4.94. The van der Waals surface area contributed by atoms with Crippen LogP contribution in [0.2, 0.25) is 0 Å². The number of fused-ring (bicyclic) bond motifs is 1. The SMILES string of the molecule is CCCCCCCC1(CC[C@H]2C(O)C[C@@H]3OC(O)CC23)OCCCO1. The zero-order valence-corrected chi connectivity index (χ0v) is 15.7. The molecule has 5 nitrogen and oxygen atoms in total. The zero-order valence-electron chi connectivity index (χ0n) is 15.7. The first kappa shape index (κ1) is 19.6. The van der Waals surface area contributed by atoms with Crippen molar-refractivity contribution in [2.24, 2.45) is 11.8 Å². The average Bonchev–Trinajstić information content (AvgIpc) is 3.09. The van der Waals surface area contributed by atoms with Gasteiger partial charge in [0.1, 0.15) is 0 Å². The minimum Gasteiger partial charge on any atom is -0.393 e. The summed E-state index contributed by atoms with van der Waals surface area (Å²) in [6.07, 6.45) is 10.2. The van der Waals surface area contributed by atoms with Gasteiger partial charge >= 0.3 is 0 Å². The molecule has 0 radical (unpaired) electrons. The molecule has 5 heteroatoms. The Bertz CT molecular complexity index is 396. The topological polar surface area (TPSA) is 68.2 Å². The van der Waals surface area contributed by atoms with E-state index in [0.29, 0.717) is 12.8 Å². The van der Waals surface area contributed by atoms with Crippen LogP contribution in [0.4, 0.5) is 0 Å². The summed E-state index contributed by atoms with van der Waals surface area (Å²) in [7, 11) is 0. The van der Waals surface area contributed by atoms with Gasteiger partial charge in [0, 0.05) is 25.7 Å². The minimum absolute atomic E-state index is 0.0215. The van der Waals surface area contributed by atoms with E-state index in [9.17, 15) is 10.2 Å². The molecule has 2 heterocycles. The van der Waals surface area contributed by atoms with Crippen LogP contribution in [0.5, 0.6) is 0 Å². The van der Waals surface area contributed by atoms with Gasteiger partial charge < -0.3 is 24.4 Å². The summed E-state index contributed by atoms with van der Waals surface area (Å²) in [6.45, 7) is 3.78. The monoisotopic (exact) mass is 356 g/mol. The molecule has 3 rings (SSSR count). The van der Waals surface area contributed by atoms with Gasteiger partial charge in [0.25, 0.3) is 0 Å². The quantitative estimate of drug-likeness (QED) is 0.620. The first-order valence-corrected chi connectivity index (χ1v) is 10.4. The van der Waals surface area contributed by atoms with E-state index in [0.717, 1.165) is 45.3 Å². The average molecular weight is 357 g/mol. The lowest BCUT2D eigenvalue weighted by Gasteiger charge is -2.38. The van der Waals surface area contributed by atoms with Crippen LogP contribution >= 0.6 is 0 Å². The molecule has 3 aliphatic rings. The maximum Gasteiger partial charge on any atom is 0.168 e. The van der Waals surface area contributed by atoms with Crippen molar-refractivity contribution in [3.8, 4) is 0 Å². The van der Waals surface area contributed by atoms with Crippen molar-refractivity contribution in [1.29, 1.82) is 0 Å². The summed E-state index contributed by atoms with van der Waals surface area (Å²) in [5.41, 5.74) is 0. The fourth-order valence-corrected chi connectivity index (χ4v) is 4.94. The lowest BCUT2D eigenvalue weighted by atomic mass is 9.85. The summed E-state index contributed by atoms with van der Waals surface area (Å²) in [5, 5.41) is 20.2. The highest BCUT2D eigenvalue weighted by Crippen LogP contribution is 2.46. The molecular weight excluding hydrogens is 320 g/mol. The van der Waals surface area contributed by atoms with E-state index in [1.165, 1.54) is 25.7 Å². The lowest BCUT2D eigenvalue weighted by Crippen LogP contribution is -2.41. The van der Waals surface area contributed by atoms with Gasteiger partial charge in [-0.15, -0.1) is 0 Å². The summed E-state index contributed by atoms with van der Waals surface area (Å²) >= 11 is 0. The molecule has 0 aromatic rings. The Morgan fingerprint density at radius 3 is 2.48 bits per heavy atom. The molecule has 25 heavy (non-hydrogen) atoms. The van der Waals surface area contributed by atoms with Crippen molar-refractivity contribution in [3.05, 3.63) is 0 Å². The predicted octanol–water partition coefficient (Wildman–Crippen LogP) is 3.36. The Kier molecular flexibility index (Phi) is 7.15. The summed E-state index contributed by atoms with van der Waals surface area (Å²) < 4.78 is 17.8. The second kappa shape index (κ2) is 9.14. The third kappa shape index (κ3) is 4.95. The molecule has 5 atom stereocenters. The van der Waals surface area contributed by atoms with Crippen LogP contribution in [0.15, 0.2) is 0 Å². The molecule has 0 amide bonds. The van der Waals surface area contributed by atoms with E-state index in [1.807, 2.05) is 0 Å². The van der Waals surface area contributed by atoms with Crippen LogP contribution in [0.3, 0.4) is 0 Å². The second-order valence-corrected chi connectivity index (χ2v) is 8.16. The van der Waals surface area contributed by atoms with E-state index in [-0.39, 0.29) is 24.0 Å².